The van der Waals surface area contributed by atoms with E-state index in [4.69, 9.17) is 14.5 Å². The van der Waals surface area contributed by atoms with Crippen LogP contribution >= 0.6 is 0 Å². The molecule has 226 valence electrons. The molecule has 0 aromatic heterocycles. The molecule has 8 heteroatoms. The average molecular weight is 585 g/mol. The third-order valence-electron chi connectivity index (χ3n) is 6.92. The maximum absolute atomic E-state index is 13.5. The predicted octanol–water partition coefficient (Wildman–Crippen LogP) is 9.75. The molecule has 0 saturated heterocycles. The van der Waals surface area contributed by atoms with E-state index in [2.05, 4.69) is 6.92 Å². The molecule has 0 fully saturated rings. The van der Waals surface area contributed by atoms with Crippen LogP contribution in [0.3, 0.4) is 0 Å². The Morgan fingerprint density at radius 2 is 1.31 bits per heavy atom. The van der Waals surface area contributed by atoms with Crippen LogP contribution in [0.2, 0.25) is 0 Å². The van der Waals surface area contributed by atoms with Crippen molar-refractivity contribution in [3.8, 4) is 22.3 Å². The van der Waals surface area contributed by atoms with Crippen LogP contribution in [0, 0.1) is 0 Å². The topological polar surface area (TPSA) is 61.8 Å². The number of hydrogen-bond acceptors (Lipinski definition) is 5. The lowest BCUT2D eigenvalue weighted by molar-refractivity contribution is -0.241. The SMILES string of the molecule is CCCCCCOOC(=O)c1ccc(-c2ccccc2)c(-c2ccc(C(=O)OC(CCCCCC)C(F)(F)F)cc2)c1. The third kappa shape index (κ3) is 10.0. The second-order valence-corrected chi connectivity index (χ2v) is 10.2. The van der Waals surface area contributed by atoms with Crippen LogP contribution in [0.25, 0.3) is 22.3 Å². The van der Waals surface area contributed by atoms with Gasteiger partial charge in [-0.25, -0.2) is 9.59 Å². The fraction of sp³-hybridized carbons (Fsp3) is 0.412. The quantitative estimate of drug-likeness (QED) is 0.0726. The second kappa shape index (κ2) is 16.7. The summed E-state index contributed by atoms with van der Waals surface area (Å²) < 4.78 is 45.5. The predicted molar refractivity (Wildman–Crippen MR) is 157 cm³/mol. The van der Waals surface area contributed by atoms with E-state index < -0.39 is 24.2 Å². The number of carbonyl (C=O) groups is 2. The van der Waals surface area contributed by atoms with Gasteiger partial charge in [0.05, 0.1) is 17.7 Å². The van der Waals surface area contributed by atoms with Gasteiger partial charge in [0.25, 0.3) is 0 Å². The first-order chi connectivity index (χ1) is 20.2. The molecular formula is C34H39F3O5. The fourth-order valence-corrected chi connectivity index (χ4v) is 4.54. The Bertz CT molecular complexity index is 1260. The van der Waals surface area contributed by atoms with Crippen molar-refractivity contribution in [1.29, 1.82) is 0 Å². The Labute approximate surface area is 245 Å². The highest BCUT2D eigenvalue weighted by Crippen LogP contribution is 2.34. The van der Waals surface area contributed by atoms with Crippen LogP contribution in [0.4, 0.5) is 13.2 Å². The summed E-state index contributed by atoms with van der Waals surface area (Å²) in [4.78, 5) is 35.5. The summed E-state index contributed by atoms with van der Waals surface area (Å²) in [5, 5.41) is 0. The van der Waals surface area contributed by atoms with Crippen molar-refractivity contribution < 1.29 is 37.3 Å². The standard InChI is InChI=1S/C34H39F3O5/c1-3-5-7-12-16-31(34(35,36)37)41-32(38)27-19-17-26(18-20-27)30-24-28(33(39)42-40-23-13-8-6-4-2)21-22-29(30)25-14-10-9-11-15-25/h9-11,14-15,17-22,24,31H,3-8,12-13,16,23H2,1-2H3. The maximum Gasteiger partial charge on any atom is 0.425 e. The van der Waals surface area contributed by atoms with E-state index in [1.807, 2.05) is 37.3 Å². The molecule has 0 heterocycles. The number of benzene rings is 3. The van der Waals surface area contributed by atoms with Crippen molar-refractivity contribution in [2.24, 2.45) is 0 Å². The van der Waals surface area contributed by atoms with E-state index >= 15 is 0 Å². The zero-order chi connectivity index (χ0) is 30.4. The molecule has 0 radical (unpaired) electrons. The molecule has 3 aromatic rings. The number of hydrogen-bond donors (Lipinski definition) is 0. The Kier molecular flexibility index (Phi) is 13.1. The number of ether oxygens (including phenoxy) is 1. The summed E-state index contributed by atoms with van der Waals surface area (Å²) in [6, 6.07) is 20.8. The lowest BCUT2D eigenvalue weighted by Crippen LogP contribution is -2.33. The Morgan fingerprint density at radius 1 is 0.690 bits per heavy atom. The van der Waals surface area contributed by atoms with Crippen LogP contribution in [0.5, 0.6) is 0 Å². The van der Waals surface area contributed by atoms with Crippen molar-refractivity contribution >= 4 is 11.9 Å². The highest BCUT2D eigenvalue weighted by atomic mass is 19.4. The second-order valence-electron chi connectivity index (χ2n) is 10.2. The zero-order valence-corrected chi connectivity index (χ0v) is 24.3. The number of rotatable bonds is 16. The molecule has 1 atom stereocenters. The summed E-state index contributed by atoms with van der Waals surface area (Å²) >= 11 is 0. The molecule has 0 saturated carbocycles. The first-order valence-electron chi connectivity index (χ1n) is 14.7. The number of carbonyl (C=O) groups excluding carboxylic acids is 2. The summed E-state index contributed by atoms with van der Waals surface area (Å²) in [6.45, 7) is 4.39. The molecule has 0 aliphatic carbocycles. The molecule has 0 N–H and O–H groups in total. The van der Waals surface area contributed by atoms with Crippen molar-refractivity contribution in [3.05, 3.63) is 83.9 Å². The summed E-state index contributed by atoms with van der Waals surface area (Å²) in [7, 11) is 0. The van der Waals surface area contributed by atoms with Crippen LogP contribution in [-0.4, -0.2) is 30.8 Å². The van der Waals surface area contributed by atoms with Crippen molar-refractivity contribution in [1.82, 2.24) is 0 Å². The minimum absolute atomic E-state index is 0.00913. The van der Waals surface area contributed by atoms with E-state index in [1.165, 1.54) is 12.1 Å². The van der Waals surface area contributed by atoms with Crippen LogP contribution in [0.1, 0.15) is 92.4 Å². The molecule has 0 bridgehead atoms. The average Bonchev–Trinajstić information content (AvgIpc) is 3.00. The Balaban J connectivity index is 1.80. The molecule has 3 aromatic carbocycles. The van der Waals surface area contributed by atoms with E-state index in [0.717, 1.165) is 49.7 Å². The molecule has 3 rings (SSSR count). The van der Waals surface area contributed by atoms with E-state index in [-0.39, 0.29) is 17.5 Å². The van der Waals surface area contributed by atoms with Gasteiger partial charge in [-0.3, -0.25) is 4.89 Å². The van der Waals surface area contributed by atoms with Gasteiger partial charge < -0.3 is 4.74 Å². The summed E-state index contributed by atoms with van der Waals surface area (Å²) in [6.07, 6.45) is -0.401. The number of alkyl halides is 3. The minimum Gasteiger partial charge on any atom is -0.449 e. The number of esters is 1. The first-order valence-corrected chi connectivity index (χ1v) is 14.7. The molecule has 42 heavy (non-hydrogen) atoms. The molecular weight excluding hydrogens is 545 g/mol. The molecule has 0 aliphatic heterocycles. The smallest absolute Gasteiger partial charge is 0.425 e. The van der Waals surface area contributed by atoms with Crippen LogP contribution < -0.4 is 0 Å². The van der Waals surface area contributed by atoms with Gasteiger partial charge in [-0.15, -0.1) is 0 Å². The van der Waals surface area contributed by atoms with E-state index in [9.17, 15) is 22.8 Å². The normalized spacial score (nSPS) is 12.1. The van der Waals surface area contributed by atoms with Gasteiger partial charge in [-0.2, -0.15) is 18.1 Å². The van der Waals surface area contributed by atoms with Gasteiger partial charge in [0.1, 0.15) is 0 Å². The van der Waals surface area contributed by atoms with Gasteiger partial charge in [0.2, 0.25) is 0 Å². The molecule has 0 aliphatic rings. The third-order valence-corrected chi connectivity index (χ3v) is 6.92. The van der Waals surface area contributed by atoms with Gasteiger partial charge >= 0.3 is 18.1 Å². The largest absolute Gasteiger partial charge is 0.449 e. The summed E-state index contributed by atoms with van der Waals surface area (Å²) in [5.41, 5.74) is 3.36. The fourth-order valence-electron chi connectivity index (χ4n) is 4.54. The minimum atomic E-state index is -4.64. The molecule has 5 nitrogen and oxygen atoms in total. The monoisotopic (exact) mass is 584 g/mol. The van der Waals surface area contributed by atoms with E-state index in [0.29, 0.717) is 30.6 Å². The zero-order valence-electron chi connectivity index (χ0n) is 24.3. The van der Waals surface area contributed by atoms with Gasteiger partial charge in [0.15, 0.2) is 6.10 Å². The highest BCUT2D eigenvalue weighted by Gasteiger charge is 2.42. The van der Waals surface area contributed by atoms with Gasteiger partial charge in [-0.05, 0) is 65.8 Å². The molecule has 1 unspecified atom stereocenters. The van der Waals surface area contributed by atoms with E-state index in [1.54, 1.807) is 30.3 Å². The van der Waals surface area contributed by atoms with Gasteiger partial charge in [0, 0.05) is 0 Å². The summed E-state index contributed by atoms with van der Waals surface area (Å²) in [5.74, 6) is -1.67. The number of halogens is 3. The Hall–Kier alpha value is -3.65. The van der Waals surface area contributed by atoms with Crippen LogP contribution in [-0.2, 0) is 14.5 Å². The molecule has 0 spiro atoms. The van der Waals surface area contributed by atoms with Crippen LogP contribution in [0.15, 0.2) is 72.8 Å². The van der Waals surface area contributed by atoms with Gasteiger partial charge in [-0.1, -0.05) is 101 Å². The number of unbranched alkanes of at least 4 members (excludes halogenated alkanes) is 6. The molecule has 0 amide bonds. The lowest BCUT2D eigenvalue weighted by Gasteiger charge is -2.21. The van der Waals surface area contributed by atoms with Crippen molar-refractivity contribution in [3.63, 3.8) is 0 Å². The van der Waals surface area contributed by atoms with Crippen molar-refractivity contribution in [2.75, 3.05) is 6.61 Å². The highest BCUT2D eigenvalue weighted by molar-refractivity contribution is 5.95. The van der Waals surface area contributed by atoms with Crippen molar-refractivity contribution in [2.45, 2.75) is 83.9 Å². The Morgan fingerprint density at radius 3 is 1.95 bits per heavy atom. The first kappa shape index (κ1) is 32.9. The lowest BCUT2D eigenvalue weighted by atomic mass is 9.92. The maximum atomic E-state index is 13.5.